The monoisotopic (exact) mass is 547 g/mol. The van der Waals surface area contributed by atoms with Crippen LogP contribution in [-0.4, -0.2) is 76.4 Å². The number of nitrogens with zero attached hydrogens (tertiary/aromatic N) is 5. The number of rotatable bonds is 5. The number of H-pyrrole nitrogens is 1. The first-order valence-electron chi connectivity index (χ1n) is 11.3. The first-order chi connectivity index (χ1) is 17.5. The first kappa shape index (κ1) is 26.4. The van der Waals surface area contributed by atoms with Crippen LogP contribution in [0.2, 0.25) is 0 Å². The largest absolute Gasteiger partial charge is 0.339 e. The van der Waals surface area contributed by atoms with E-state index in [1.165, 1.54) is 12.1 Å². The minimum Gasteiger partial charge on any atom is -0.339 e. The lowest BCUT2D eigenvalue weighted by atomic mass is 10.1. The van der Waals surface area contributed by atoms with Crippen LogP contribution in [0.4, 0.5) is 22.0 Å². The smallest absolute Gasteiger partial charge is 0.261 e. The molecule has 1 amide bonds. The van der Waals surface area contributed by atoms with Gasteiger partial charge in [-0.25, -0.2) is 9.37 Å². The van der Waals surface area contributed by atoms with Gasteiger partial charge in [0.15, 0.2) is 11.6 Å². The summed E-state index contributed by atoms with van der Waals surface area (Å²) in [6.45, 7) is 4.41. The van der Waals surface area contributed by atoms with Crippen LogP contribution in [0.25, 0.3) is 10.2 Å². The van der Waals surface area contributed by atoms with E-state index in [9.17, 15) is 17.6 Å². The Morgan fingerprint density at radius 3 is 2.46 bits per heavy atom. The zero-order valence-electron chi connectivity index (χ0n) is 20.2. The van der Waals surface area contributed by atoms with Crippen molar-refractivity contribution in [1.82, 2.24) is 25.1 Å². The summed E-state index contributed by atoms with van der Waals surface area (Å²) in [7, 11) is -3.67. The van der Waals surface area contributed by atoms with E-state index in [0.717, 1.165) is 27.3 Å². The van der Waals surface area contributed by atoms with Crippen LogP contribution < -0.4 is 10.2 Å². The fraction of sp³-hybridized carbons (Fsp3) is 0.304. The highest BCUT2D eigenvalue weighted by atomic mass is 32.2. The molecule has 0 unspecified atom stereocenters. The molecule has 3 N–H and O–H groups in total. The van der Waals surface area contributed by atoms with Gasteiger partial charge in [-0.1, -0.05) is 12.1 Å². The molecular formula is C23H26FN7O4S2. The van der Waals surface area contributed by atoms with Gasteiger partial charge in [-0.2, -0.15) is 18.5 Å². The van der Waals surface area contributed by atoms with Crippen LogP contribution in [0.5, 0.6) is 0 Å². The van der Waals surface area contributed by atoms with Crippen molar-refractivity contribution in [3.8, 4) is 0 Å². The van der Waals surface area contributed by atoms with Gasteiger partial charge in [0.1, 0.15) is 5.82 Å². The average Bonchev–Trinajstić information content (AvgIpc) is 3.48. The number of carbonyl (C=O) groups is 1. The van der Waals surface area contributed by atoms with E-state index >= 15 is 0 Å². The Morgan fingerprint density at radius 1 is 1.16 bits per heavy atom. The van der Waals surface area contributed by atoms with Gasteiger partial charge in [0.25, 0.3) is 10.1 Å². The van der Waals surface area contributed by atoms with Gasteiger partial charge < -0.3 is 15.1 Å². The number of benzene rings is 1. The zero-order valence-corrected chi connectivity index (χ0v) is 21.8. The number of nitrogens with one attached hydrogen (secondary N) is 2. The molecule has 0 bridgehead atoms. The van der Waals surface area contributed by atoms with Gasteiger partial charge in [0.05, 0.1) is 22.9 Å². The molecule has 1 saturated heterocycles. The number of hydrogen-bond donors (Lipinski definition) is 3. The first-order valence-corrected chi connectivity index (χ1v) is 14.0. The highest BCUT2D eigenvalue weighted by Crippen LogP contribution is 2.30. The van der Waals surface area contributed by atoms with Crippen molar-refractivity contribution >= 4 is 55.2 Å². The summed E-state index contributed by atoms with van der Waals surface area (Å²) in [6, 6.07) is 9.98. The van der Waals surface area contributed by atoms with E-state index in [2.05, 4.69) is 20.4 Å². The lowest BCUT2D eigenvalue weighted by Gasteiger charge is -2.35. The normalized spacial score (nSPS) is 13.8. The van der Waals surface area contributed by atoms with Crippen molar-refractivity contribution in [3.63, 3.8) is 0 Å². The van der Waals surface area contributed by atoms with Crippen molar-refractivity contribution < 1.29 is 22.2 Å². The average molecular weight is 548 g/mol. The number of aryl methyl sites for hydroxylation is 1. The topological polar surface area (TPSA) is 144 Å². The van der Waals surface area contributed by atoms with Gasteiger partial charge in [0, 0.05) is 37.9 Å². The fourth-order valence-corrected chi connectivity index (χ4v) is 4.50. The number of halogens is 1. The summed E-state index contributed by atoms with van der Waals surface area (Å²) < 4.78 is 39.9. The quantitative estimate of drug-likeness (QED) is 0.321. The Labute approximate surface area is 217 Å². The van der Waals surface area contributed by atoms with Gasteiger partial charge in [0.2, 0.25) is 11.9 Å². The third-order valence-electron chi connectivity index (χ3n) is 5.43. The summed E-state index contributed by atoms with van der Waals surface area (Å²) in [4.78, 5) is 26.1. The number of aromatic nitrogens is 4. The van der Waals surface area contributed by atoms with E-state index in [4.69, 9.17) is 14.5 Å². The molecule has 0 aliphatic carbocycles. The Morgan fingerprint density at radius 2 is 1.84 bits per heavy atom. The Hall–Kier alpha value is -3.62. The standard InChI is InChI=1S/C22H22FN7OS.CH4O3S/c1-14-12-18(28-27-14)25-21-20-17(6-11-32-20)24-22(26-21)30-9-7-29(8-10-30)19(31)13-15-2-4-16(23)5-3-15;1-5(2,3)4/h2-6,11-12H,7-10,13H2,1H3,(H2,24,25,26,27,28);1H3,(H,2,3,4). The highest BCUT2D eigenvalue weighted by molar-refractivity contribution is 7.85. The molecule has 5 rings (SSSR count). The van der Waals surface area contributed by atoms with Crippen molar-refractivity contribution in [3.05, 3.63) is 58.9 Å². The van der Waals surface area contributed by atoms with Gasteiger partial charge in [-0.15, -0.1) is 11.3 Å². The van der Waals surface area contributed by atoms with Crippen molar-refractivity contribution in [1.29, 1.82) is 0 Å². The molecule has 1 aromatic carbocycles. The molecule has 14 heteroatoms. The van der Waals surface area contributed by atoms with Crippen LogP contribution in [0.3, 0.4) is 0 Å². The van der Waals surface area contributed by atoms with Crippen molar-refractivity contribution in [2.24, 2.45) is 0 Å². The van der Waals surface area contributed by atoms with E-state index in [0.29, 0.717) is 44.2 Å². The molecule has 0 atom stereocenters. The Kier molecular flexibility index (Phi) is 8.00. The molecule has 196 valence electrons. The van der Waals surface area contributed by atoms with Crippen LogP contribution in [0, 0.1) is 12.7 Å². The van der Waals surface area contributed by atoms with Crippen LogP contribution in [-0.2, 0) is 21.3 Å². The number of fused-ring (bicyclic) bond motifs is 1. The second-order valence-corrected chi connectivity index (χ2v) is 10.9. The van der Waals surface area contributed by atoms with Gasteiger partial charge >= 0.3 is 0 Å². The second-order valence-electron chi connectivity index (χ2n) is 8.47. The maximum atomic E-state index is 13.1. The molecule has 1 aliphatic rings. The molecule has 11 nitrogen and oxygen atoms in total. The molecule has 0 saturated carbocycles. The number of anilines is 3. The molecule has 0 spiro atoms. The van der Waals surface area contributed by atoms with E-state index in [1.54, 1.807) is 23.5 Å². The predicted octanol–water partition coefficient (Wildman–Crippen LogP) is 3.00. The van der Waals surface area contributed by atoms with E-state index < -0.39 is 10.1 Å². The number of carbonyl (C=O) groups excluding carboxylic acids is 1. The summed E-state index contributed by atoms with van der Waals surface area (Å²) in [5, 5.41) is 12.5. The molecule has 1 fully saturated rings. The summed E-state index contributed by atoms with van der Waals surface area (Å²) in [6.07, 6.45) is 0.988. The van der Waals surface area contributed by atoms with E-state index in [-0.39, 0.29) is 18.1 Å². The van der Waals surface area contributed by atoms with E-state index in [1.807, 2.05) is 29.3 Å². The number of thiophene rings is 1. The van der Waals surface area contributed by atoms with Crippen molar-refractivity contribution in [2.45, 2.75) is 13.3 Å². The molecule has 1 aliphatic heterocycles. The van der Waals surface area contributed by atoms with Crippen LogP contribution >= 0.6 is 11.3 Å². The molecule has 0 radical (unpaired) electrons. The lowest BCUT2D eigenvalue weighted by molar-refractivity contribution is -0.130. The minimum atomic E-state index is -3.67. The Balaban J connectivity index is 0.000000586. The SMILES string of the molecule is CS(=O)(=O)O.Cc1cc(Nc2nc(N3CCN(C(=O)Cc4ccc(F)cc4)CC3)nc3ccsc23)n[nH]1. The number of aromatic amines is 1. The van der Waals surface area contributed by atoms with Crippen LogP contribution in [0.1, 0.15) is 11.3 Å². The summed E-state index contributed by atoms with van der Waals surface area (Å²) in [5.74, 6) is 1.81. The Bertz CT molecular complexity index is 1470. The van der Waals surface area contributed by atoms with Gasteiger partial charge in [-0.05, 0) is 36.1 Å². The number of piperazine rings is 1. The number of hydrogen-bond acceptors (Lipinski definition) is 9. The molecule has 37 heavy (non-hydrogen) atoms. The second kappa shape index (κ2) is 11.2. The maximum absolute atomic E-state index is 13.1. The predicted molar refractivity (Wildman–Crippen MR) is 140 cm³/mol. The fourth-order valence-electron chi connectivity index (χ4n) is 3.73. The highest BCUT2D eigenvalue weighted by Gasteiger charge is 2.24. The molecular weight excluding hydrogens is 521 g/mol. The third-order valence-corrected chi connectivity index (χ3v) is 6.34. The summed E-state index contributed by atoms with van der Waals surface area (Å²) in [5.41, 5.74) is 2.66. The maximum Gasteiger partial charge on any atom is 0.261 e. The van der Waals surface area contributed by atoms with Crippen LogP contribution in [0.15, 0.2) is 41.8 Å². The minimum absolute atomic E-state index is 0.0433. The number of amides is 1. The lowest BCUT2D eigenvalue weighted by Crippen LogP contribution is -2.49. The molecule has 4 aromatic rings. The molecule has 4 heterocycles. The summed E-state index contributed by atoms with van der Waals surface area (Å²) >= 11 is 1.58. The zero-order chi connectivity index (χ0) is 26.6. The third kappa shape index (κ3) is 7.44. The van der Waals surface area contributed by atoms with Crippen molar-refractivity contribution in [2.75, 3.05) is 42.7 Å². The van der Waals surface area contributed by atoms with Gasteiger partial charge in [-0.3, -0.25) is 14.4 Å². The molecule has 3 aromatic heterocycles.